The number of allylic oxidation sites excluding steroid dienone is 10. The highest BCUT2D eigenvalue weighted by atomic mass is 28.2. The van der Waals surface area contributed by atoms with Crippen molar-refractivity contribution < 1.29 is 0 Å². The number of hydrogen-bond acceptors (Lipinski definition) is 0. The standard InChI is InChI=1S/C21H28Si/c1-14-18(22(5)6)13-9-12-17-19(14)15(2)21(3,4)20(17)16-10-7-8-11-16/h7-10,12-14,20H,11H2,1-6H3. The van der Waals surface area contributed by atoms with Gasteiger partial charge in [-0.3, -0.25) is 0 Å². The molecule has 0 heterocycles. The normalized spacial score (nSPS) is 29.5. The maximum atomic E-state index is 2.44. The van der Waals surface area contributed by atoms with Gasteiger partial charge in [-0.1, -0.05) is 86.6 Å². The van der Waals surface area contributed by atoms with Crippen molar-refractivity contribution in [2.24, 2.45) is 17.3 Å². The van der Waals surface area contributed by atoms with Crippen molar-refractivity contribution in [3.8, 4) is 0 Å². The van der Waals surface area contributed by atoms with Crippen LogP contribution in [-0.4, -0.2) is 13.6 Å². The van der Waals surface area contributed by atoms with Crippen LogP contribution in [0, 0.1) is 17.3 Å². The Morgan fingerprint density at radius 2 is 1.86 bits per heavy atom. The molecule has 0 N–H and O–H groups in total. The molecule has 0 saturated carbocycles. The van der Waals surface area contributed by atoms with Crippen molar-refractivity contribution in [1.82, 2.24) is 0 Å². The Bertz CT molecular complexity index is 685. The fraction of sp³-hybridized carbons (Fsp3) is 0.476. The second-order valence-electron chi connectivity index (χ2n) is 7.73. The molecule has 3 aliphatic rings. The van der Waals surface area contributed by atoms with Crippen molar-refractivity contribution >= 4 is 13.6 Å². The largest absolute Gasteiger partial charge is 0.0804 e. The molecular formula is C21H28Si. The van der Waals surface area contributed by atoms with Gasteiger partial charge in [0.1, 0.15) is 0 Å². The molecule has 0 amide bonds. The number of fused-ring (bicyclic) bond motifs is 1. The summed E-state index contributed by atoms with van der Waals surface area (Å²) in [5, 5.41) is 1.67. The van der Waals surface area contributed by atoms with Gasteiger partial charge in [-0.05, 0) is 29.9 Å². The first kappa shape index (κ1) is 15.7. The lowest BCUT2D eigenvalue weighted by Gasteiger charge is -2.31. The van der Waals surface area contributed by atoms with E-state index in [0.717, 1.165) is 6.42 Å². The molecule has 0 fully saturated rings. The van der Waals surface area contributed by atoms with Crippen LogP contribution >= 0.6 is 0 Å². The maximum absolute atomic E-state index is 2.44. The maximum Gasteiger partial charge on any atom is 0.0146 e. The van der Waals surface area contributed by atoms with Crippen molar-refractivity contribution in [3.05, 3.63) is 58.7 Å². The molecule has 2 unspecified atom stereocenters. The van der Waals surface area contributed by atoms with Crippen LogP contribution in [-0.2, 0) is 0 Å². The van der Waals surface area contributed by atoms with E-state index in [1.165, 1.54) is 0 Å². The van der Waals surface area contributed by atoms with Crippen LogP contribution in [0.25, 0.3) is 0 Å². The summed E-state index contributed by atoms with van der Waals surface area (Å²) in [6, 6.07) is 0. The van der Waals surface area contributed by atoms with Crippen LogP contribution < -0.4 is 0 Å². The van der Waals surface area contributed by atoms with E-state index in [2.05, 4.69) is 77.2 Å². The Labute approximate surface area is 137 Å². The summed E-state index contributed by atoms with van der Waals surface area (Å²) in [4.78, 5) is 0. The predicted octanol–water partition coefficient (Wildman–Crippen LogP) is 5.49. The van der Waals surface area contributed by atoms with Crippen molar-refractivity contribution in [2.75, 3.05) is 0 Å². The second-order valence-corrected chi connectivity index (χ2v) is 10.3. The minimum Gasteiger partial charge on any atom is -0.0804 e. The van der Waals surface area contributed by atoms with Gasteiger partial charge >= 0.3 is 0 Å². The molecule has 0 bridgehead atoms. The minimum absolute atomic E-state index is 0.234. The highest BCUT2D eigenvalue weighted by molar-refractivity contribution is 6.71. The molecule has 1 heteroatoms. The Hall–Kier alpha value is -1.21. The summed E-state index contributed by atoms with van der Waals surface area (Å²) in [6.07, 6.45) is 15.1. The van der Waals surface area contributed by atoms with Gasteiger partial charge in [0.05, 0.1) is 0 Å². The Kier molecular flexibility index (Phi) is 3.88. The third-order valence-corrected chi connectivity index (χ3v) is 7.67. The lowest BCUT2D eigenvalue weighted by molar-refractivity contribution is 0.367. The fourth-order valence-electron chi connectivity index (χ4n) is 4.58. The Morgan fingerprint density at radius 1 is 1.14 bits per heavy atom. The summed E-state index contributed by atoms with van der Waals surface area (Å²) in [6.45, 7) is 14.5. The molecule has 0 saturated heterocycles. The average molecular weight is 309 g/mol. The average Bonchev–Trinajstić information content (AvgIpc) is 2.96. The van der Waals surface area contributed by atoms with Gasteiger partial charge in [0, 0.05) is 20.2 Å². The van der Waals surface area contributed by atoms with Gasteiger partial charge in [0.2, 0.25) is 0 Å². The van der Waals surface area contributed by atoms with Gasteiger partial charge in [-0.25, -0.2) is 0 Å². The topological polar surface area (TPSA) is 0 Å². The van der Waals surface area contributed by atoms with E-state index >= 15 is 0 Å². The second kappa shape index (κ2) is 5.45. The monoisotopic (exact) mass is 308 g/mol. The van der Waals surface area contributed by atoms with Crippen LogP contribution in [0.2, 0.25) is 13.1 Å². The van der Waals surface area contributed by atoms with Crippen LogP contribution in [0.15, 0.2) is 58.7 Å². The zero-order valence-electron chi connectivity index (χ0n) is 14.8. The third kappa shape index (κ3) is 2.22. The summed E-state index contributed by atoms with van der Waals surface area (Å²) in [5.41, 5.74) is 6.65. The zero-order valence-corrected chi connectivity index (χ0v) is 15.8. The Morgan fingerprint density at radius 3 is 2.45 bits per heavy atom. The predicted molar refractivity (Wildman–Crippen MR) is 101 cm³/mol. The molecule has 0 spiro atoms. The molecule has 22 heavy (non-hydrogen) atoms. The van der Waals surface area contributed by atoms with E-state index in [9.17, 15) is 0 Å². The van der Waals surface area contributed by atoms with Crippen LogP contribution in [0.5, 0.6) is 0 Å². The minimum atomic E-state index is -0.405. The van der Waals surface area contributed by atoms with E-state index in [1.54, 1.807) is 27.5 Å². The SMILES string of the molecule is CC1=C2C(=CC=CC(=[Si](C)C)C2C)C(C2=CC=CC2)C1(C)C. The molecule has 116 valence electrons. The summed E-state index contributed by atoms with van der Waals surface area (Å²) >= 11 is 0. The van der Waals surface area contributed by atoms with E-state index < -0.39 is 8.41 Å². The van der Waals surface area contributed by atoms with Crippen molar-refractivity contribution in [3.63, 3.8) is 0 Å². The quantitative estimate of drug-likeness (QED) is 0.562. The van der Waals surface area contributed by atoms with Gasteiger partial charge in [-0.2, -0.15) is 0 Å². The zero-order chi connectivity index (χ0) is 16.1. The lowest BCUT2D eigenvalue weighted by atomic mass is 9.72. The summed E-state index contributed by atoms with van der Waals surface area (Å²) in [5.74, 6) is 1.13. The molecule has 3 rings (SSSR count). The first-order valence-corrected chi connectivity index (χ1v) is 11.0. The first-order chi connectivity index (χ1) is 10.4. The molecule has 0 aliphatic heterocycles. The first-order valence-electron chi connectivity index (χ1n) is 8.48. The molecule has 3 aliphatic carbocycles. The number of hydrogen-bond donors (Lipinski definition) is 0. The Balaban J connectivity index is 2.16. The van der Waals surface area contributed by atoms with Crippen LogP contribution in [0.3, 0.4) is 0 Å². The molecule has 0 aromatic heterocycles. The van der Waals surface area contributed by atoms with Gasteiger partial charge in [0.15, 0.2) is 0 Å². The van der Waals surface area contributed by atoms with Gasteiger partial charge < -0.3 is 0 Å². The third-order valence-electron chi connectivity index (χ3n) is 5.91. The molecule has 2 atom stereocenters. The summed E-state index contributed by atoms with van der Waals surface area (Å²) in [7, 11) is -0.405. The van der Waals surface area contributed by atoms with Crippen LogP contribution in [0.1, 0.15) is 34.1 Å². The summed E-state index contributed by atoms with van der Waals surface area (Å²) < 4.78 is 0. The lowest BCUT2D eigenvalue weighted by Crippen LogP contribution is -2.23. The van der Waals surface area contributed by atoms with Crippen molar-refractivity contribution in [2.45, 2.75) is 47.2 Å². The highest BCUT2D eigenvalue weighted by Gasteiger charge is 2.45. The van der Waals surface area contributed by atoms with Gasteiger partial charge in [0.25, 0.3) is 0 Å². The highest BCUT2D eigenvalue weighted by Crippen LogP contribution is 2.56. The molecule has 0 nitrogen and oxygen atoms in total. The van der Waals surface area contributed by atoms with E-state index in [0.29, 0.717) is 11.8 Å². The smallest absolute Gasteiger partial charge is 0.0146 e. The van der Waals surface area contributed by atoms with Gasteiger partial charge in [-0.15, -0.1) is 0 Å². The van der Waals surface area contributed by atoms with Crippen molar-refractivity contribution in [1.29, 1.82) is 0 Å². The molecule has 0 radical (unpaired) electrons. The number of rotatable bonds is 1. The fourth-order valence-corrected chi connectivity index (χ4v) is 6.02. The molecule has 0 aromatic rings. The van der Waals surface area contributed by atoms with E-state index in [-0.39, 0.29) is 5.41 Å². The van der Waals surface area contributed by atoms with Crippen LogP contribution in [0.4, 0.5) is 0 Å². The van der Waals surface area contributed by atoms with E-state index in [1.807, 2.05) is 0 Å². The molecule has 0 aromatic carbocycles. The van der Waals surface area contributed by atoms with E-state index in [4.69, 9.17) is 0 Å². The molecular weight excluding hydrogens is 280 g/mol.